The Hall–Kier alpha value is -1.13. The van der Waals surface area contributed by atoms with Gasteiger partial charge in [0, 0.05) is 32.4 Å². The van der Waals surface area contributed by atoms with Crippen LogP contribution in [0.2, 0.25) is 0 Å². The van der Waals surface area contributed by atoms with Crippen LogP contribution in [0.3, 0.4) is 0 Å². The van der Waals surface area contributed by atoms with Gasteiger partial charge >= 0.3 is 0 Å². The first-order chi connectivity index (χ1) is 9.30. The topological polar surface area (TPSA) is 37.4 Å². The number of anilines is 1. The molecule has 4 heteroatoms. The van der Waals surface area contributed by atoms with Crippen molar-refractivity contribution >= 4 is 5.82 Å². The van der Waals surface area contributed by atoms with Gasteiger partial charge in [0.05, 0.1) is 11.2 Å². The monoisotopic (exact) mass is 277 g/mol. The fraction of sp³-hybridized carbons (Fsp3) is 0.688. The van der Waals surface area contributed by atoms with E-state index in [2.05, 4.69) is 62.0 Å². The van der Waals surface area contributed by atoms with Crippen molar-refractivity contribution in [1.82, 2.24) is 9.88 Å². The third-order valence-corrected chi connectivity index (χ3v) is 3.35. The second kappa shape index (κ2) is 5.70. The molecule has 1 aliphatic rings. The average molecular weight is 277 g/mol. The molecule has 0 amide bonds. The Kier molecular flexibility index (Phi) is 4.35. The van der Waals surface area contributed by atoms with Crippen LogP contribution >= 0.6 is 0 Å². The molecule has 0 spiro atoms. The summed E-state index contributed by atoms with van der Waals surface area (Å²) >= 11 is 0. The van der Waals surface area contributed by atoms with Crippen LogP contribution in [-0.4, -0.2) is 40.7 Å². The summed E-state index contributed by atoms with van der Waals surface area (Å²) in [6, 6.07) is 4.23. The average Bonchev–Trinajstić information content (AvgIpc) is 2.25. The van der Waals surface area contributed by atoms with E-state index in [0.29, 0.717) is 0 Å². The molecule has 1 aromatic rings. The van der Waals surface area contributed by atoms with Crippen molar-refractivity contribution in [3.63, 3.8) is 0 Å². The number of nitrogens with zero attached hydrogens (tertiary/aromatic N) is 2. The van der Waals surface area contributed by atoms with Crippen molar-refractivity contribution in [2.24, 2.45) is 0 Å². The first kappa shape index (κ1) is 15.3. The van der Waals surface area contributed by atoms with Gasteiger partial charge in [-0.25, -0.2) is 4.98 Å². The van der Waals surface area contributed by atoms with Crippen LogP contribution in [0.15, 0.2) is 18.3 Å². The SMILES string of the molecule is CCNc1cc(CN2CC(C)(C)OC(C)(C)C2)ccn1. The van der Waals surface area contributed by atoms with Crippen molar-refractivity contribution < 1.29 is 4.74 Å². The molecule has 2 heterocycles. The molecule has 20 heavy (non-hydrogen) atoms. The molecule has 1 saturated heterocycles. The van der Waals surface area contributed by atoms with Crippen LogP contribution in [0, 0.1) is 0 Å². The number of morpholine rings is 1. The van der Waals surface area contributed by atoms with E-state index in [1.165, 1.54) is 5.56 Å². The lowest BCUT2D eigenvalue weighted by Crippen LogP contribution is -2.56. The van der Waals surface area contributed by atoms with Gasteiger partial charge in [-0.3, -0.25) is 4.90 Å². The zero-order chi connectivity index (χ0) is 14.8. The van der Waals surface area contributed by atoms with Gasteiger partial charge in [-0.05, 0) is 52.3 Å². The van der Waals surface area contributed by atoms with E-state index < -0.39 is 0 Å². The molecule has 4 nitrogen and oxygen atoms in total. The van der Waals surface area contributed by atoms with Crippen molar-refractivity contribution in [2.45, 2.75) is 52.4 Å². The highest BCUT2D eigenvalue weighted by Crippen LogP contribution is 2.29. The second-order valence-corrected chi connectivity index (χ2v) is 6.85. The maximum absolute atomic E-state index is 6.13. The van der Waals surface area contributed by atoms with Crippen LogP contribution in [0.25, 0.3) is 0 Å². The summed E-state index contributed by atoms with van der Waals surface area (Å²) in [7, 11) is 0. The molecule has 0 saturated carbocycles. The molecule has 0 atom stereocenters. The van der Waals surface area contributed by atoms with E-state index in [9.17, 15) is 0 Å². The molecule has 0 aromatic carbocycles. The molecule has 1 fully saturated rings. The van der Waals surface area contributed by atoms with Gasteiger partial charge in [0.2, 0.25) is 0 Å². The van der Waals surface area contributed by atoms with Crippen molar-refractivity contribution in [2.75, 3.05) is 25.0 Å². The minimum absolute atomic E-state index is 0.0979. The predicted molar refractivity (Wildman–Crippen MR) is 82.9 cm³/mol. The van der Waals surface area contributed by atoms with Crippen molar-refractivity contribution in [3.8, 4) is 0 Å². The zero-order valence-electron chi connectivity index (χ0n) is 13.4. The quantitative estimate of drug-likeness (QED) is 0.918. The number of aromatic nitrogens is 1. The number of pyridine rings is 1. The van der Waals surface area contributed by atoms with Crippen LogP contribution in [0.5, 0.6) is 0 Å². The summed E-state index contributed by atoms with van der Waals surface area (Å²) in [5, 5.41) is 3.26. The predicted octanol–water partition coefficient (Wildman–Crippen LogP) is 2.90. The third kappa shape index (κ3) is 4.18. The molecule has 1 aromatic heterocycles. The molecule has 0 radical (unpaired) electrons. The smallest absolute Gasteiger partial charge is 0.126 e. The lowest BCUT2D eigenvalue weighted by molar-refractivity contribution is -0.182. The summed E-state index contributed by atoms with van der Waals surface area (Å²) < 4.78 is 6.13. The van der Waals surface area contributed by atoms with E-state index >= 15 is 0 Å². The van der Waals surface area contributed by atoms with Crippen LogP contribution in [-0.2, 0) is 11.3 Å². The van der Waals surface area contributed by atoms with E-state index in [-0.39, 0.29) is 11.2 Å². The van der Waals surface area contributed by atoms with Crippen LogP contribution in [0.4, 0.5) is 5.82 Å². The highest BCUT2D eigenvalue weighted by Gasteiger charge is 2.37. The Morgan fingerprint density at radius 3 is 2.50 bits per heavy atom. The van der Waals surface area contributed by atoms with Gasteiger partial charge in [0.1, 0.15) is 5.82 Å². The Morgan fingerprint density at radius 1 is 1.25 bits per heavy atom. The molecule has 0 aliphatic carbocycles. The van der Waals surface area contributed by atoms with Crippen LogP contribution in [0.1, 0.15) is 40.2 Å². The summed E-state index contributed by atoms with van der Waals surface area (Å²) in [6.45, 7) is 14.5. The molecular weight excluding hydrogens is 250 g/mol. The normalized spacial score (nSPS) is 21.6. The largest absolute Gasteiger partial charge is 0.370 e. The van der Waals surface area contributed by atoms with Gasteiger partial charge < -0.3 is 10.1 Å². The lowest BCUT2D eigenvalue weighted by Gasteiger charge is -2.47. The molecular formula is C16H27N3O. The summed E-state index contributed by atoms with van der Waals surface area (Å²) in [4.78, 5) is 6.79. The summed E-state index contributed by atoms with van der Waals surface area (Å²) in [5.41, 5.74) is 1.10. The molecule has 1 N–H and O–H groups in total. The number of rotatable bonds is 4. The maximum Gasteiger partial charge on any atom is 0.126 e. The first-order valence-corrected chi connectivity index (χ1v) is 7.41. The maximum atomic E-state index is 6.13. The number of hydrogen-bond donors (Lipinski definition) is 1. The molecule has 0 bridgehead atoms. The third-order valence-electron chi connectivity index (χ3n) is 3.35. The van der Waals surface area contributed by atoms with E-state index in [1.54, 1.807) is 0 Å². The molecule has 112 valence electrons. The van der Waals surface area contributed by atoms with E-state index in [0.717, 1.165) is 32.0 Å². The fourth-order valence-electron chi connectivity index (χ4n) is 3.17. The Morgan fingerprint density at radius 2 is 1.90 bits per heavy atom. The van der Waals surface area contributed by atoms with E-state index in [4.69, 9.17) is 4.74 Å². The van der Waals surface area contributed by atoms with Gasteiger partial charge in [-0.1, -0.05) is 0 Å². The van der Waals surface area contributed by atoms with Crippen molar-refractivity contribution in [1.29, 1.82) is 0 Å². The van der Waals surface area contributed by atoms with Gasteiger partial charge in [-0.2, -0.15) is 0 Å². The van der Waals surface area contributed by atoms with Gasteiger partial charge in [-0.15, -0.1) is 0 Å². The minimum atomic E-state index is -0.0979. The Labute approximate surface area is 122 Å². The molecule has 0 unspecified atom stereocenters. The lowest BCUT2D eigenvalue weighted by atomic mass is 9.98. The first-order valence-electron chi connectivity index (χ1n) is 7.41. The molecule has 2 rings (SSSR count). The fourth-order valence-corrected chi connectivity index (χ4v) is 3.17. The Bertz CT molecular complexity index is 441. The summed E-state index contributed by atoms with van der Waals surface area (Å²) in [5.74, 6) is 0.955. The highest BCUT2D eigenvalue weighted by molar-refractivity contribution is 5.37. The number of hydrogen-bond acceptors (Lipinski definition) is 4. The Balaban J connectivity index is 2.07. The molecule has 1 aliphatic heterocycles. The van der Waals surface area contributed by atoms with Crippen molar-refractivity contribution in [3.05, 3.63) is 23.9 Å². The van der Waals surface area contributed by atoms with E-state index in [1.807, 2.05) is 6.20 Å². The van der Waals surface area contributed by atoms with Gasteiger partial charge in [0.15, 0.2) is 0 Å². The highest BCUT2D eigenvalue weighted by atomic mass is 16.5. The van der Waals surface area contributed by atoms with Gasteiger partial charge in [0.25, 0.3) is 0 Å². The van der Waals surface area contributed by atoms with Crippen LogP contribution < -0.4 is 5.32 Å². The second-order valence-electron chi connectivity index (χ2n) is 6.85. The number of ether oxygens (including phenoxy) is 1. The number of nitrogens with one attached hydrogen (secondary N) is 1. The zero-order valence-corrected chi connectivity index (χ0v) is 13.4. The standard InChI is InChI=1S/C16H27N3O/c1-6-17-14-9-13(7-8-18-14)10-19-11-15(2,3)20-16(4,5)12-19/h7-9H,6,10-12H2,1-5H3,(H,17,18). The minimum Gasteiger partial charge on any atom is -0.370 e. The summed E-state index contributed by atoms with van der Waals surface area (Å²) in [6.07, 6.45) is 1.88.